The number of carbonyl (C=O) groups is 2. The minimum atomic E-state index is -0.328. The number of carbonyl (C=O) groups excluding carboxylic acids is 2. The third-order valence-electron chi connectivity index (χ3n) is 3.79. The van der Waals surface area contributed by atoms with Gasteiger partial charge in [-0.25, -0.2) is 0 Å². The van der Waals surface area contributed by atoms with Crippen molar-refractivity contribution in [2.45, 2.75) is 39.5 Å². The maximum absolute atomic E-state index is 12.5. The highest BCUT2D eigenvalue weighted by Crippen LogP contribution is 2.14. The number of aryl methyl sites for hydroxylation is 2. The number of imide groups is 1. The Balaban J connectivity index is 2.19. The summed E-state index contributed by atoms with van der Waals surface area (Å²) in [6.07, 6.45) is 3.56. The van der Waals surface area contributed by atoms with Crippen LogP contribution < -0.4 is 5.32 Å². The van der Waals surface area contributed by atoms with E-state index in [9.17, 15) is 9.59 Å². The first-order valence-electron chi connectivity index (χ1n) is 8.18. The van der Waals surface area contributed by atoms with Crippen molar-refractivity contribution in [2.75, 3.05) is 0 Å². The van der Waals surface area contributed by atoms with E-state index in [-0.39, 0.29) is 11.8 Å². The van der Waals surface area contributed by atoms with Crippen molar-refractivity contribution >= 4 is 11.8 Å². The largest absolute Gasteiger partial charge is 0.288 e. The van der Waals surface area contributed by atoms with E-state index in [1.54, 1.807) is 12.1 Å². The minimum absolute atomic E-state index is 0.328. The number of amides is 2. The Kier molecular flexibility index (Phi) is 6.10. The van der Waals surface area contributed by atoms with Crippen LogP contribution in [0.3, 0.4) is 0 Å². The second kappa shape index (κ2) is 8.28. The highest BCUT2D eigenvalue weighted by atomic mass is 16.2. The zero-order valence-corrected chi connectivity index (χ0v) is 13.8. The molecule has 3 nitrogen and oxygen atoms in total. The lowest BCUT2D eigenvalue weighted by Gasteiger charge is -2.11. The highest BCUT2D eigenvalue weighted by molar-refractivity contribution is 6.11. The first-order chi connectivity index (χ1) is 11.2. The molecule has 0 atom stereocenters. The van der Waals surface area contributed by atoms with Crippen molar-refractivity contribution in [1.82, 2.24) is 5.32 Å². The van der Waals surface area contributed by atoms with Gasteiger partial charge in [0.15, 0.2) is 0 Å². The second-order valence-corrected chi connectivity index (χ2v) is 5.60. The molecule has 0 saturated heterocycles. The Morgan fingerprint density at radius 2 is 1.13 bits per heavy atom. The zero-order chi connectivity index (χ0) is 16.7. The fraction of sp³-hybridized carbons (Fsp3) is 0.300. The Morgan fingerprint density at radius 1 is 0.739 bits per heavy atom. The summed E-state index contributed by atoms with van der Waals surface area (Å²) >= 11 is 0. The predicted molar refractivity (Wildman–Crippen MR) is 92.7 cm³/mol. The third-order valence-corrected chi connectivity index (χ3v) is 3.79. The van der Waals surface area contributed by atoms with Crippen molar-refractivity contribution in [3.05, 3.63) is 70.8 Å². The lowest BCUT2D eigenvalue weighted by Crippen LogP contribution is -2.31. The molecule has 0 unspecified atom stereocenters. The molecule has 0 bridgehead atoms. The van der Waals surface area contributed by atoms with Crippen LogP contribution in [0.5, 0.6) is 0 Å². The van der Waals surface area contributed by atoms with Gasteiger partial charge in [0.1, 0.15) is 0 Å². The van der Waals surface area contributed by atoms with E-state index >= 15 is 0 Å². The lowest BCUT2D eigenvalue weighted by atomic mass is 10.0. The molecule has 0 radical (unpaired) electrons. The van der Waals surface area contributed by atoms with Crippen LogP contribution in [0.15, 0.2) is 48.5 Å². The van der Waals surface area contributed by atoms with E-state index in [2.05, 4.69) is 19.2 Å². The van der Waals surface area contributed by atoms with E-state index in [1.165, 1.54) is 0 Å². The summed E-state index contributed by atoms with van der Waals surface area (Å²) in [5, 5.41) is 2.53. The molecule has 0 spiro atoms. The van der Waals surface area contributed by atoms with Crippen LogP contribution in [0, 0.1) is 0 Å². The maximum atomic E-state index is 12.5. The molecule has 2 aromatic carbocycles. The molecular weight excluding hydrogens is 286 g/mol. The molecule has 1 N–H and O–H groups in total. The number of rotatable bonds is 6. The highest BCUT2D eigenvalue weighted by Gasteiger charge is 2.16. The smallest absolute Gasteiger partial charge is 0.258 e. The van der Waals surface area contributed by atoms with Crippen LogP contribution in [-0.4, -0.2) is 11.8 Å². The summed E-state index contributed by atoms with van der Waals surface area (Å²) in [4.78, 5) is 24.9. The van der Waals surface area contributed by atoms with E-state index in [0.29, 0.717) is 11.1 Å². The molecule has 0 saturated carbocycles. The molecule has 120 valence electrons. The molecular formula is C20H23NO2. The van der Waals surface area contributed by atoms with Crippen LogP contribution in [0.25, 0.3) is 0 Å². The first kappa shape index (κ1) is 16.9. The number of benzene rings is 2. The summed E-state index contributed by atoms with van der Waals surface area (Å²) in [6.45, 7) is 4.14. The minimum Gasteiger partial charge on any atom is -0.288 e. The average molecular weight is 309 g/mol. The van der Waals surface area contributed by atoms with Crippen LogP contribution in [0.2, 0.25) is 0 Å². The predicted octanol–water partition coefficient (Wildman–Crippen LogP) is 4.16. The normalized spacial score (nSPS) is 10.3. The summed E-state index contributed by atoms with van der Waals surface area (Å²) in [5.41, 5.74) is 3.11. The summed E-state index contributed by atoms with van der Waals surface area (Å²) in [5.74, 6) is -0.657. The molecule has 0 aromatic heterocycles. The van der Waals surface area contributed by atoms with Gasteiger partial charge in [0.25, 0.3) is 11.8 Å². The number of hydrogen-bond acceptors (Lipinski definition) is 2. The van der Waals surface area contributed by atoms with Gasteiger partial charge >= 0.3 is 0 Å². The fourth-order valence-electron chi connectivity index (χ4n) is 2.70. The van der Waals surface area contributed by atoms with E-state index in [4.69, 9.17) is 0 Å². The SMILES string of the molecule is CCCc1ccccc1C(=O)NC(=O)c1ccccc1CCC. The molecule has 0 fully saturated rings. The van der Waals surface area contributed by atoms with Crippen LogP contribution in [0.4, 0.5) is 0 Å². The fourth-order valence-corrected chi connectivity index (χ4v) is 2.70. The second-order valence-electron chi connectivity index (χ2n) is 5.60. The van der Waals surface area contributed by atoms with Crippen molar-refractivity contribution in [3.8, 4) is 0 Å². The van der Waals surface area contributed by atoms with E-state index < -0.39 is 0 Å². The molecule has 0 heterocycles. The summed E-state index contributed by atoms with van der Waals surface area (Å²) < 4.78 is 0. The Labute approximate surface area is 137 Å². The van der Waals surface area contributed by atoms with Gasteiger partial charge < -0.3 is 0 Å². The quantitative estimate of drug-likeness (QED) is 0.814. The van der Waals surface area contributed by atoms with E-state index in [1.807, 2.05) is 36.4 Å². The Morgan fingerprint density at radius 3 is 1.52 bits per heavy atom. The topological polar surface area (TPSA) is 46.2 Å². The van der Waals surface area contributed by atoms with Crippen LogP contribution >= 0.6 is 0 Å². The van der Waals surface area contributed by atoms with E-state index in [0.717, 1.165) is 36.8 Å². The van der Waals surface area contributed by atoms with Crippen LogP contribution in [-0.2, 0) is 12.8 Å². The van der Waals surface area contributed by atoms with Gasteiger partial charge in [-0.2, -0.15) is 0 Å². The van der Waals surface area contributed by atoms with Gasteiger partial charge in [0, 0.05) is 11.1 Å². The molecule has 23 heavy (non-hydrogen) atoms. The monoisotopic (exact) mass is 309 g/mol. The standard InChI is InChI=1S/C20H23NO2/c1-3-9-15-11-5-7-13-17(15)19(22)21-20(23)18-14-8-6-12-16(18)10-4-2/h5-8,11-14H,3-4,9-10H2,1-2H3,(H,21,22,23). The van der Waals surface area contributed by atoms with Gasteiger partial charge in [-0.3, -0.25) is 14.9 Å². The zero-order valence-electron chi connectivity index (χ0n) is 13.8. The lowest BCUT2D eigenvalue weighted by molar-refractivity contribution is 0.0848. The molecule has 0 aliphatic carbocycles. The molecule has 0 aliphatic heterocycles. The Bertz CT molecular complexity index is 632. The van der Waals surface area contributed by atoms with Gasteiger partial charge in [-0.15, -0.1) is 0 Å². The third kappa shape index (κ3) is 4.28. The maximum Gasteiger partial charge on any atom is 0.258 e. The summed E-state index contributed by atoms with van der Waals surface area (Å²) in [7, 11) is 0. The number of nitrogens with one attached hydrogen (secondary N) is 1. The Hall–Kier alpha value is -2.42. The first-order valence-corrected chi connectivity index (χ1v) is 8.18. The van der Waals surface area contributed by atoms with Crippen molar-refractivity contribution in [2.24, 2.45) is 0 Å². The van der Waals surface area contributed by atoms with Crippen molar-refractivity contribution < 1.29 is 9.59 Å². The molecule has 2 rings (SSSR count). The molecule has 0 aliphatic rings. The molecule has 3 heteroatoms. The average Bonchev–Trinajstić information content (AvgIpc) is 2.56. The van der Waals surface area contributed by atoms with Gasteiger partial charge in [0.05, 0.1) is 0 Å². The summed E-state index contributed by atoms with van der Waals surface area (Å²) in [6, 6.07) is 14.9. The number of hydrogen-bond donors (Lipinski definition) is 1. The van der Waals surface area contributed by atoms with Gasteiger partial charge in [-0.05, 0) is 36.1 Å². The van der Waals surface area contributed by atoms with Crippen molar-refractivity contribution in [1.29, 1.82) is 0 Å². The van der Waals surface area contributed by atoms with Gasteiger partial charge in [0.2, 0.25) is 0 Å². The molecule has 2 amide bonds. The van der Waals surface area contributed by atoms with Crippen LogP contribution in [0.1, 0.15) is 58.5 Å². The van der Waals surface area contributed by atoms with Gasteiger partial charge in [-0.1, -0.05) is 63.1 Å². The van der Waals surface area contributed by atoms with Crippen molar-refractivity contribution in [3.63, 3.8) is 0 Å². The molecule has 2 aromatic rings.